The highest BCUT2D eigenvalue weighted by Crippen LogP contribution is 2.19. The molecule has 0 radical (unpaired) electrons. The number of nitrogens with one attached hydrogen (secondary N) is 2. The van der Waals surface area contributed by atoms with Crippen molar-refractivity contribution >= 4 is 11.7 Å². The molecule has 0 saturated carbocycles. The van der Waals surface area contributed by atoms with Crippen molar-refractivity contribution in [3.63, 3.8) is 0 Å². The monoisotopic (exact) mass is 260 g/mol. The third-order valence-corrected chi connectivity index (χ3v) is 2.60. The predicted octanol–water partition coefficient (Wildman–Crippen LogP) is 3.41. The normalized spacial score (nSPS) is 10.6. The fourth-order valence-electron chi connectivity index (χ4n) is 1.46. The van der Waals surface area contributed by atoms with Crippen LogP contribution in [0.1, 0.15) is 26.7 Å². The average molecular weight is 260 g/mol. The number of halogens is 3. The molecule has 1 aromatic rings. The van der Waals surface area contributed by atoms with Crippen molar-refractivity contribution in [3.8, 4) is 0 Å². The largest absolute Gasteiger partial charge is 0.335 e. The smallest absolute Gasteiger partial charge is 0.319 e. The third kappa shape index (κ3) is 3.38. The lowest BCUT2D eigenvalue weighted by molar-refractivity contribution is 0.247. The van der Waals surface area contributed by atoms with Gasteiger partial charge in [0.2, 0.25) is 0 Å². The summed E-state index contributed by atoms with van der Waals surface area (Å²) in [5.41, 5.74) is -0.391. The predicted molar refractivity (Wildman–Crippen MR) is 62.8 cm³/mol. The molecule has 2 amide bonds. The molecule has 1 rings (SSSR count). The molecule has 0 aliphatic heterocycles. The standard InChI is InChI=1S/C12H15F3N2O/c1-3-7(4-2)16-12(18)17-9-6-5-8(13)10(14)11(9)15/h5-7H,3-4H2,1-2H3,(H2,16,17,18). The summed E-state index contributed by atoms with van der Waals surface area (Å²) < 4.78 is 38.9. The SMILES string of the molecule is CCC(CC)NC(=O)Nc1ccc(F)c(F)c1F. The highest BCUT2D eigenvalue weighted by molar-refractivity contribution is 5.89. The van der Waals surface area contributed by atoms with E-state index in [4.69, 9.17) is 0 Å². The average Bonchev–Trinajstić information content (AvgIpc) is 2.36. The molecule has 100 valence electrons. The van der Waals surface area contributed by atoms with Crippen LogP contribution < -0.4 is 10.6 Å². The number of urea groups is 1. The van der Waals surface area contributed by atoms with Gasteiger partial charge in [0.1, 0.15) is 0 Å². The summed E-state index contributed by atoms with van der Waals surface area (Å²) in [5.74, 6) is -4.30. The van der Waals surface area contributed by atoms with Gasteiger partial charge >= 0.3 is 6.03 Å². The number of hydrogen-bond donors (Lipinski definition) is 2. The van der Waals surface area contributed by atoms with Crippen LogP contribution >= 0.6 is 0 Å². The minimum Gasteiger partial charge on any atom is -0.335 e. The van der Waals surface area contributed by atoms with Crippen LogP contribution in [0.5, 0.6) is 0 Å². The zero-order valence-electron chi connectivity index (χ0n) is 10.2. The van der Waals surface area contributed by atoms with E-state index < -0.39 is 29.2 Å². The van der Waals surface area contributed by atoms with Gasteiger partial charge in [-0.05, 0) is 25.0 Å². The summed E-state index contributed by atoms with van der Waals surface area (Å²) in [6.45, 7) is 3.79. The maximum atomic E-state index is 13.3. The molecule has 0 bridgehead atoms. The maximum absolute atomic E-state index is 13.3. The molecule has 0 fully saturated rings. The lowest BCUT2D eigenvalue weighted by atomic mass is 10.2. The van der Waals surface area contributed by atoms with Gasteiger partial charge in [-0.1, -0.05) is 13.8 Å². The van der Waals surface area contributed by atoms with Crippen molar-refractivity contribution < 1.29 is 18.0 Å². The van der Waals surface area contributed by atoms with Gasteiger partial charge < -0.3 is 10.6 Å². The molecule has 0 aliphatic carbocycles. The van der Waals surface area contributed by atoms with E-state index in [-0.39, 0.29) is 6.04 Å². The molecule has 0 aliphatic rings. The Morgan fingerprint density at radius 1 is 1.17 bits per heavy atom. The van der Waals surface area contributed by atoms with Crippen molar-refractivity contribution in [2.24, 2.45) is 0 Å². The molecule has 0 unspecified atom stereocenters. The lowest BCUT2D eigenvalue weighted by Crippen LogP contribution is -2.37. The third-order valence-electron chi connectivity index (χ3n) is 2.60. The first-order chi connectivity index (χ1) is 8.49. The Labute approximate surface area is 103 Å². The van der Waals surface area contributed by atoms with Gasteiger partial charge in [0.05, 0.1) is 5.69 Å². The summed E-state index contributed by atoms with van der Waals surface area (Å²) in [6.07, 6.45) is 1.45. The van der Waals surface area contributed by atoms with E-state index in [9.17, 15) is 18.0 Å². The van der Waals surface area contributed by atoms with Gasteiger partial charge in [0.25, 0.3) is 0 Å². The Hall–Kier alpha value is -1.72. The zero-order chi connectivity index (χ0) is 13.7. The second-order valence-electron chi connectivity index (χ2n) is 3.83. The van der Waals surface area contributed by atoms with E-state index in [2.05, 4.69) is 10.6 Å². The Kier molecular flexibility index (Phi) is 5.00. The number of benzene rings is 1. The molecule has 6 heteroatoms. The number of rotatable bonds is 4. The summed E-state index contributed by atoms with van der Waals surface area (Å²) >= 11 is 0. The van der Waals surface area contributed by atoms with Gasteiger partial charge in [-0.25, -0.2) is 18.0 Å². The van der Waals surface area contributed by atoms with Crippen LogP contribution in [0.3, 0.4) is 0 Å². The molecule has 0 saturated heterocycles. The fourth-order valence-corrected chi connectivity index (χ4v) is 1.46. The highest BCUT2D eigenvalue weighted by atomic mass is 19.2. The van der Waals surface area contributed by atoms with E-state index in [0.29, 0.717) is 0 Å². The van der Waals surface area contributed by atoms with E-state index in [1.165, 1.54) is 0 Å². The van der Waals surface area contributed by atoms with Gasteiger partial charge in [-0.3, -0.25) is 0 Å². The van der Waals surface area contributed by atoms with Gasteiger partial charge in [-0.15, -0.1) is 0 Å². The van der Waals surface area contributed by atoms with E-state index in [0.717, 1.165) is 25.0 Å². The van der Waals surface area contributed by atoms with Crippen molar-refractivity contribution in [1.29, 1.82) is 0 Å². The first kappa shape index (κ1) is 14.3. The number of amides is 2. The summed E-state index contributed by atoms with van der Waals surface area (Å²) in [5, 5.41) is 4.74. The van der Waals surface area contributed by atoms with Crippen LogP contribution in [-0.4, -0.2) is 12.1 Å². The highest BCUT2D eigenvalue weighted by Gasteiger charge is 2.16. The molecule has 0 spiro atoms. The fraction of sp³-hybridized carbons (Fsp3) is 0.417. The molecular formula is C12H15F3N2O. The number of hydrogen-bond acceptors (Lipinski definition) is 1. The first-order valence-corrected chi connectivity index (χ1v) is 5.70. The molecule has 0 aromatic heterocycles. The second-order valence-corrected chi connectivity index (χ2v) is 3.83. The Morgan fingerprint density at radius 3 is 2.33 bits per heavy atom. The number of carbonyl (C=O) groups excluding carboxylic acids is 1. The van der Waals surface area contributed by atoms with Gasteiger partial charge in [0.15, 0.2) is 17.5 Å². The van der Waals surface area contributed by atoms with Crippen molar-refractivity contribution in [2.75, 3.05) is 5.32 Å². The molecule has 0 heterocycles. The van der Waals surface area contributed by atoms with Crippen molar-refractivity contribution in [2.45, 2.75) is 32.7 Å². The summed E-state index contributed by atoms with van der Waals surface area (Å²) in [6, 6.07) is 1.04. The van der Waals surface area contributed by atoms with E-state index >= 15 is 0 Å². The van der Waals surface area contributed by atoms with E-state index in [1.807, 2.05) is 13.8 Å². The van der Waals surface area contributed by atoms with Gasteiger partial charge in [-0.2, -0.15) is 0 Å². The Bertz CT molecular complexity index is 434. The van der Waals surface area contributed by atoms with Crippen LogP contribution in [0.25, 0.3) is 0 Å². The first-order valence-electron chi connectivity index (χ1n) is 5.70. The topological polar surface area (TPSA) is 41.1 Å². The van der Waals surface area contributed by atoms with Crippen molar-refractivity contribution in [3.05, 3.63) is 29.6 Å². The van der Waals surface area contributed by atoms with Crippen LogP contribution in [-0.2, 0) is 0 Å². The zero-order valence-corrected chi connectivity index (χ0v) is 10.2. The van der Waals surface area contributed by atoms with Crippen LogP contribution in [0.2, 0.25) is 0 Å². The molecule has 18 heavy (non-hydrogen) atoms. The summed E-state index contributed by atoms with van der Waals surface area (Å²) in [7, 11) is 0. The number of carbonyl (C=O) groups is 1. The molecule has 2 N–H and O–H groups in total. The van der Waals surface area contributed by atoms with Crippen LogP contribution in [0, 0.1) is 17.5 Å². The van der Waals surface area contributed by atoms with E-state index in [1.54, 1.807) is 0 Å². The molecule has 1 aromatic carbocycles. The van der Waals surface area contributed by atoms with Crippen LogP contribution in [0.15, 0.2) is 12.1 Å². The Morgan fingerprint density at radius 2 is 1.78 bits per heavy atom. The molecular weight excluding hydrogens is 245 g/mol. The quantitative estimate of drug-likeness (QED) is 0.800. The Balaban J connectivity index is 2.73. The second kappa shape index (κ2) is 6.28. The lowest BCUT2D eigenvalue weighted by Gasteiger charge is -2.15. The molecule has 3 nitrogen and oxygen atoms in total. The van der Waals surface area contributed by atoms with Gasteiger partial charge in [0, 0.05) is 6.04 Å². The number of anilines is 1. The van der Waals surface area contributed by atoms with Crippen LogP contribution in [0.4, 0.5) is 23.7 Å². The maximum Gasteiger partial charge on any atom is 0.319 e. The molecule has 0 atom stereocenters. The van der Waals surface area contributed by atoms with Crippen molar-refractivity contribution in [1.82, 2.24) is 5.32 Å². The minimum absolute atomic E-state index is 0.0432. The summed E-state index contributed by atoms with van der Waals surface area (Å²) in [4.78, 5) is 11.5. The minimum atomic E-state index is -1.60.